The molecule has 1 aromatic carbocycles. The lowest BCUT2D eigenvalue weighted by atomic mass is 10.1. The molecule has 0 saturated heterocycles. The van der Waals surface area contributed by atoms with Crippen molar-refractivity contribution in [3.05, 3.63) is 29.0 Å². The van der Waals surface area contributed by atoms with Crippen LogP contribution in [0.5, 0.6) is 0 Å². The molecule has 0 spiro atoms. The van der Waals surface area contributed by atoms with E-state index in [9.17, 15) is 14.0 Å². The zero-order valence-corrected chi connectivity index (χ0v) is 12.2. The lowest BCUT2D eigenvalue weighted by Crippen LogP contribution is -2.50. The first kappa shape index (κ1) is 16.2. The molecule has 0 bridgehead atoms. The Morgan fingerprint density at radius 2 is 1.95 bits per heavy atom. The molecule has 5 nitrogen and oxygen atoms in total. The highest BCUT2D eigenvalue weighted by atomic mass is 35.5. The molecule has 0 aliphatic rings. The van der Waals surface area contributed by atoms with Gasteiger partial charge in [0.2, 0.25) is 0 Å². The van der Waals surface area contributed by atoms with Crippen molar-refractivity contribution >= 4 is 29.3 Å². The minimum Gasteiger partial charge on any atom is -0.480 e. The Kier molecular flexibility index (Phi) is 4.94. The highest BCUT2D eigenvalue weighted by Crippen LogP contribution is 2.20. The van der Waals surface area contributed by atoms with Gasteiger partial charge in [-0.05, 0) is 39.0 Å². The molecule has 0 saturated carbocycles. The second-order valence-electron chi connectivity index (χ2n) is 5.24. The van der Waals surface area contributed by atoms with Gasteiger partial charge < -0.3 is 15.3 Å². The van der Waals surface area contributed by atoms with Crippen molar-refractivity contribution in [2.24, 2.45) is 0 Å². The number of nitrogens with zero attached hydrogens (tertiary/aromatic N) is 1. The maximum absolute atomic E-state index is 13.2. The number of halogens is 2. The van der Waals surface area contributed by atoms with E-state index in [0.717, 1.165) is 17.0 Å². The van der Waals surface area contributed by atoms with Crippen LogP contribution in [0, 0.1) is 5.82 Å². The van der Waals surface area contributed by atoms with Crippen molar-refractivity contribution in [2.45, 2.75) is 26.3 Å². The molecule has 110 valence electrons. The lowest BCUT2D eigenvalue weighted by Gasteiger charge is -2.34. The summed E-state index contributed by atoms with van der Waals surface area (Å²) < 4.78 is 13.2. The van der Waals surface area contributed by atoms with Crippen LogP contribution in [0.15, 0.2) is 18.2 Å². The number of carbonyl (C=O) groups is 2. The Morgan fingerprint density at radius 1 is 1.35 bits per heavy atom. The first-order chi connectivity index (χ1) is 9.09. The fraction of sp³-hybridized carbons (Fsp3) is 0.385. The zero-order valence-electron chi connectivity index (χ0n) is 11.4. The maximum Gasteiger partial charge on any atom is 0.323 e. The minimum absolute atomic E-state index is 0.140. The number of hydrogen-bond donors (Lipinski definition) is 2. The number of carboxylic acids is 1. The number of carboxylic acid groups (broad SMARTS) is 1. The highest BCUT2D eigenvalue weighted by molar-refractivity contribution is 6.30. The molecule has 20 heavy (non-hydrogen) atoms. The molecule has 0 aliphatic heterocycles. The summed E-state index contributed by atoms with van der Waals surface area (Å²) in [7, 11) is 0. The third-order valence-corrected chi connectivity index (χ3v) is 2.68. The van der Waals surface area contributed by atoms with Gasteiger partial charge in [0.15, 0.2) is 0 Å². The van der Waals surface area contributed by atoms with Crippen molar-refractivity contribution in [1.29, 1.82) is 0 Å². The van der Waals surface area contributed by atoms with Crippen LogP contribution in [0.1, 0.15) is 20.8 Å². The van der Waals surface area contributed by atoms with E-state index in [1.165, 1.54) is 6.07 Å². The number of carbonyl (C=O) groups excluding carboxylic acids is 1. The molecular formula is C13H16ClFN2O3. The van der Waals surface area contributed by atoms with Crippen LogP contribution in [-0.2, 0) is 4.79 Å². The van der Waals surface area contributed by atoms with E-state index in [-0.39, 0.29) is 10.7 Å². The SMILES string of the molecule is CC(C)(C)N(CC(=O)O)C(=O)Nc1cc(F)cc(Cl)c1. The number of nitrogens with one attached hydrogen (secondary N) is 1. The van der Waals surface area contributed by atoms with Crippen LogP contribution in [-0.4, -0.2) is 34.1 Å². The molecule has 0 heterocycles. The average molecular weight is 303 g/mol. The highest BCUT2D eigenvalue weighted by Gasteiger charge is 2.28. The largest absolute Gasteiger partial charge is 0.480 e. The van der Waals surface area contributed by atoms with E-state index in [4.69, 9.17) is 16.7 Å². The van der Waals surface area contributed by atoms with Gasteiger partial charge >= 0.3 is 12.0 Å². The molecule has 7 heteroatoms. The van der Waals surface area contributed by atoms with Crippen molar-refractivity contribution in [3.63, 3.8) is 0 Å². The zero-order chi connectivity index (χ0) is 15.5. The molecule has 0 aromatic heterocycles. The first-order valence-corrected chi connectivity index (χ1v) is 6.24. The number of anilines is 1. The standard InChI is InChI=1S/C13H16ClFN2O3/c1-13(2,3)17(7-11(18)19)12(20)16-10-5-8(14)4-9(15)6-10/h4-6H,7H2,1-3H3,(H,16,20)(H,18,19). The van der Waals surface area contributed by atoms with Gasteiger partial charge in [0, 0.05) is 16.2 Å². The molecule has 0 unspecified atom stereocenters. The summed E-state index contributed by atoms with van der Waals surface area (Å²) in [6, 6.07) is 2.95. The van der Waals surface area contributed by atoms with E-state index in [0.29, 0.717) is 0 Å². The molecule has 0 atom stereocenters. The van der Waals surface area contributed by atoms with Gasteiger partial charge in [0.1, 0.15) is 12.4 Å². The lowest BCUT2D eigenvalue weighted by molar-refractivity contribution is -0.138. The van der Waals surface area contributed by atoms with E-state index >= 15 is 0 Å². The van der Waals surface area contributed by atoms with Crippen molar-refractivity contribution in [3.8, 4) is 0 Å². The average Bonchev–Trinajstić information content (AvgIpc) is 2.22. The summed E-state index contributed by atoms with van der Waals surface area (Å²) >= 11 is 5.69. The van der Waals surface area contributed by atoms with E-state index < -0.39 is 29.9 Å². The van der Waals surface area contributed by atoms with Crippen LogP contribution in [0.4, 0.5) is 14.9 Å². The monoisotopic (exact) mass is 302 g/mol. The molecular weight excluding hydrogens is 287 g/mol. The predicted octanol–water partition coefficient (Wildman–Crippen LogP) is 3.20. The summed E-state index contributed by atoms with van der Waals surface area (Å²) in [6.45, 7) is 4.65. The van der Waals surface area contributed by atoms with Crippen LogP contribution < -0.4 is 5.32 Å². The van der Waals surface area contributed by atoms with Crippen LogP contribution in [0.3, 0.4) is 0 Å². The maximum atomic E-state index is 13.2. The molecule has 1 rings (SSSR count). The van der Waals surface area contributed by atoms with E-state index in [1.54, 1.807) is 20.8 Å². The predicted molar refractivity (Wildman–Crippen MR) is 74.5 cm³/mol. The quantitative estimate of drug-likeness (QED) is 0.901. The van der Waals surface area contributed by atoms with E-state index in [2.05, 4.69) is 5.32 Å². The van der Waals surface area contributed by atoms with E-state index in [1.807, 2.05) is 0 Å². The summed E-state index contributed by atoms with van der Waals surface area (Å²) in [4.78, 5) is 24.1. The molecule has 2 amide bonds. The molecule has 0 fully saturated rings. The van der Waals surface area contributed by atoms with Crippen LogP contribution >= 0.6 is 11.6 Å². The number of benzene rings is 1. The number of aliphatic carboxylic acids is 1. The van der Waals surface area contributed by atoms with Crippen molar-refractivity contribution in [1.82, 2.24) is 4.90 Å². The Hall–Kier alpha value is -1.82. The number of amides is 2. The van der Waals surface area contributed by atoms with Crippen molar-refractivity contribution in [2.75, 3.05) is 11.9 Å². The number of urea groups is 1. The fourth-order valence-corrected chi connectivity index (χ4v) is 1.79. The van der Waals surface area contributed by atoms with Gasteiger partial charge in [0.05, 0.1) is 0 Å². The summed E-state index contributed by atoms with van der Waals surface area (Å²) in [6.07, 6.45) is 0. The second-order valence-corrected chi connectivity index (χ2v) is 5.68. The van der Waals surface area contributed by atoms with Gasteiger partial charge in [-0.1, -0.05) is 11.6 Å². The normalized spacial score (nSPS) is 11.1. The summed E-state index contributed by atoms with van der Waals surface area (Å²) in [5, 5.41) is 11.4. The Bertz CT molecular complexity index is 509. The number of rotatable bonds is 3. The van der Waals surface area contributed by atoms with Gasteiger partial charge in [-0.15, -0.1) is 0 Å². The molecule has 2 N–H and O–H groups in total. The van der Waals surface area contributed by atoms with Gasteiger partial charge in [-0.2, -0.15) is 0 Å². The first-order valence-electron chi connectivity index (χ1n) is 5.86. The third-order valence-electron chi connectivity index (χ3n) is 2.46. The second kappa shape index (κ2) is 6.09. The third kappa shape index (κ3) is 4.70. The summed E-state index contributed by atoms with van der Waals surface area (Å²) in [5.41, 5.74) is -0.529. The van der Waals surface area contributed by atoms with Crippen LogP contribution in [0.2, 0.25) is 5.02 Å². The van der Waals surface area contributed by atoms with Crippen LogP contribution in [0.25, 0.3) is 0 Å². The van der Waals surface area contributed by atoms with Gasteiger partial charge in [0.25, 0.3) is 0 Å². The Morgan fingerprint density at radius 3 is 2.40 bits per heavy atom. The topological polar surface area (TPSA) is 69.6 Å². The Balaban J connectivity index is 2.93. The van der Waals surface area contributed by atoms with Gasteiger partial charge in [-0.25, -0.2) is 9.18 Å². The fourth-order valence-electron chi connectivity index (χ4n) is 1.57. The smallest absolute Gasteiger partial charge is 0.323 e. The number of hydrogen-bond acceptors (Lipinski definition) is 2. The van der Waals surface area contributed by atoms with Gasteiger partial charge in [-0.3, -0.25) is 4.79 Å². The molecule has 0 radical (unpaired) electrons. The Labute approximate surface area is 121 Å². The minimum atomic E-state index is -1.13. The molecule has 0 aliphatic carbocycles. The van der Waals surface area contributed by atoms with Crippen molar-refractivity contribution < 1.29 is 19.1 Å². The summed E-state index contributed by atoms with van der Waals surface area (Å²) in [5.74, 6) is -1.72. The molecule has 1 aromatic rings.